The first-order chi connectivity index (χ1) is 11.7. The quantitative estimate of drug-likeness (QED) is 0.113. The zero-order valence-electron chi connectivity index (χ0n) is 16.0. The number of ether oxygens (including phenoxy) is 1. The average Bonchev–Trinajstić information content (AvgIpc) is 2.58. The molecule has 25 heavy (non-hydrogen) atoms. The van der Waals surface area contributed by atoms with Crippen molar-refractivity contribution < 1.29 is 14.3 Å². The van der Waals surface area contributed by atoms with Gasteiger partial charge in [-0.2, -0.15) is 0 Å². The summed E-state index contributed by atoms with van der Waals surface area (Å²) in [5.74, 6) is -0.424. The Morgan fingerprint density at radius 1 is 0.760 bits per heavy atom. The Bertz CT molecular complexity index is 340. The molecule has 0 amide bonds. The summed E-state index contributed by atoms with van der Waals surface area (Å²) in [5, 5.41) is 0. The molecule has 0 spiro atoms. The number of methoxy groups -OCH3 is 1. The molecule has 0 bridgehead atoms. The molecule has 0 unspecified atom stereocenters. The van der Waals surface area contributed by atoms with E-state index in [4.69, 9.17) is 0 Å². The molecule has 0 fully saturated rings. The van der Waals surface area contributed by atoms with Crippen LogP contribution in [-0.4, -0.2) is 48.4 Å². The summed E-state index contributed by atoms with van der Waals surface area (Å²) in [4.78, 5) is 22.4. The van der Waals surface area contributed by atoms with E-state index in [-0.39, 0.29) is 41.8 Å². The predicted octanol–water partition coefficient (Wildman–Crippen LogP) is 5.51. The van der Waals surface area contributed by atoms with Gasteiger partial charge in [0.1, 0.15) is 12.2 Å². The Hall–Kier alpha value is -0.120. The van der Waals surface area contributed by atoms with Gasteiger partial charge in [-0.1, -0.05) is 70.4 Å². The van der Waals surface area contributed by atoms with Gasteiger partial charge in [-0.05, 0) is 32.1 Å². The van der Waals surface area contributed by atoms with E-state index < -0.39 is 5.97 Å². The van der Waals surface area contributed by atoms with Gasteiger partial charge in [0.15, 0.2) is 0 Å². The summed E-state index contributed by atoms with van der Waals surface area (Å²) in [6, 6.07) is 0. The first-order valence-electron chi connectivity index (χ1n) is 9.94. The third-order valence-electron chi connectivity index (χ3n) is 4.29. The van der Waals surface area contributed by atoms with E-state index in [1.165, 1.54) is 77.7 Å². The Morgan fingerprint density at radius 2 is 1.24 bits per heavy atom. The first-order valence-corrected chi connectivity index (χ1v) is 9.94. The number of unbranched alkanes of at least 4 members (excludes halogenated alkanes) is 11. The van der Waals surface area contributed by atoms with Crippen molar-refractivity contribution in [3.63, 3.8) is 0 Å². The number of carbonyl (C=O) groups excluding carboxylic acids is 2. The fourth-order valence-corrected chi connectivity index (χ4v) is 2.71. The van der Waals surface area contributed by atoms with Crippen LogP contribution in [0.2, 0.25) is 0 Å². The molecule has 0 aromatic carbocycles. The number of allylic oxidation sites excluding steroid dienone is 2. The summed E-state index contributed by atoms with van der Waals surface area (Å²) in [6.45, 7) is 2.26. The molecule has 3 nitrogen and oxygen atoms in total. The van der Waals surface area contributed by atoms with Crippen molar-refractivity contribution in [3.8, 4) is 0 Å². The van der Waals surface area contributed by atoms with E-state index >= 15 is 0 Å². The number of hydrogen-bond acceptors (Lipinski definition) is 3. The maximum atomic E-state index is 11.4. The van der Waals surface area contributed by atoms with E-state index in [0.717, 1.165) is 12.8 Å². The van der Waals surface area contributed by atoms with Crippen LogP contribution in [0, 0.1) is 0 Å². The standard InChI is InChI=1S/C21H38O3.Na.H/c1-3-4-5-6-7-8-9-10-11-12-13-14-15-16-17-18-20(22)19-21(23)24-2;;/h10-11H,3-9,12-19H2,1-2H3;;/b11-10-;;. The van der Waals surface area contributed by atoms with E-state index in [0.29, 0.717) is 6.42 Å². The normalized spacial score (nSPS) is 10.6. The fraction of sp³-hybridized carbons (Fsp3) is 0.810. The maximum absolute atomic E-state index is 11.4. The number of ketones is 1. The van der Waals surface area contributed by atoms with E-state index in [2.05, 4.69) is 23.8 Å². The topological polar surface area (TPSA) is 43.4 Å². The molecule has 0 saturated carbocycles. The number of hydrogen-bond donors (Lipinski definition) is 0. The van der Waals surface area contributed by atoms with Gasteiger partial charge in [0.2, 0.25) is 0 Å². The Morgan fingerprint density at radius 3 is 1.76 bits per heavy atom. The van der Waals surface area contributed by atoms with Crippen molar-refractivity contribution in [2.75, 3.05) is 7.11 Å². The van der Waals surface area contributed by atoms with Crippen molar-refractivity contribution in [2.24, 2.45) is 0 Å². The van der Waals surface area contributed by atoms with Crippen molar-refractivity contribution in [3.05, 3.63) is 12.2 Å². The Kier molecular flexibility index (Phi) is 23.8. The van der Waals surface area contributed by atoms with Gasteiger partial charge in [-0.15, -0.1) is 0 Å². The third kappa shape index (κ3) is 21.8. The van der Waals surface area contributed by atoms with Crippen LogP contribution in [-0.2, 0) is 14.3 Å². The van der Waals surface area contributed by atoms with Crippen LogP contribution in [0.15, 0.2) is 12.2 Å². The van der Waals surface area contributed by atoms with Gasteiger partial charge in [0.05, 0.1) is 7.11 Å². The second kappa shape index (κ2) is 21.9. The van der Waals surface area contributed by atoms with Gasteiger partial charge in [0, 0.05) is 6.42 Å². The van der Waals surface area contributed by atoms with Gasteiger partial charge in [0.25, 0.3) is 0 Å². The molecule has 0 N–H and O–H groups in total. The molecule has 0 saturated heterocycles. The van der Waals surface area contributed by atoms with Crippen LogP contribution >= 0.6 is 0 Å². The molecule has 0 atom stereocenters. The summed E-state index contributed by atoms with van der Waals surface area (Å²) >= 11 is 0. The first kappa shape index (κ1) is 27.1. The summed E-state index contributed by atoms with van der Waals surface area (Å²) < 4.78 is 4.48. The summed E-state index contributed by atoms with van der Waals surface area (Å²) in [5.41, 5.74) is 0. The molecule has 0 aliphatic carbocycles. The summed E-state index contributed by atoms with van der Waals surface area (Å²) in [6.07, 6.45) is 21.3. The summed E-state index contributed by atoms with van der Waals surface area (Å²) in [7, 11) is 1.32. The molecular formula is C21H39NaO3. The Labute approximate surface area is 177 Å². The zero-order chi connectivity index (χ0) is 17.9. The van der Waals surface area contributed by atoms with E-state index in [1.54, 1.807) is 0 Å². The molecule has 142 valence electrons. The number of rotatable bonds is 17. The van der Waals surface area contributed by atoms with Crippen molar-refractivity contribution in [2.45, 2.75) is 103 Å². The van der Waals surface area contributed by atoms with Crippen molar-refractivity contribution >= 4 is 41.3 Å². The molecule has 0 heterocycles. The SMILES string of the molecule is CCCCCCCC/C=C\CCCCCCCC(=O)CC(=O)OC.[NaH]. The molecular weight excluding hydrogens is 323 g/mol. The van der Waals surface area contributed by atoms with Gasteiger partial charge < -0.3 is 4.74 Å². The van der Waals surface area contributed by atoms with E-state index in [9.17, 15) is 9.59 Å². The molecule has 0 radical (unpaired) electrons. The molecule has 4 heteroatoms. The molecule has 0 aromatic rings. The van der Waals surface area contributed by atoms with Crippen LogP contribution in [0.4, 0.5) is 0 Å². The average molecular weight is 363 g/mol. The van der Waals surface area contributed by atoms with Crippen molar-refractivity contribution in [1.29, 1.82) is 0 Å². The van der Waals surface area contributed by atoms with Crippen LogP contribution in [0.1, 0.15) is 103 Å². The Balaban J connectivity index is 0. The van der Waals surface area contributed by atoms with E-state index in [1.807, 2.05) is 0 Å². The molecule has 0 aliphatic rings. The van der Waals surface area contributed by atoms with Gasteiger partial charge in [-0.25, -0.2) is 0 Å². The predicted molar refractivity (Wildman–Crippen MR) is 108 cm³/mol. The van der Waals surface area contributed by atoms with Crippen LogP contribution in [0.25, 0.3) is 0 Å². The van der Waals surface area contributed by atoms with Crippen LogP contribution < -0.4 is 0 Å². The zero-order valence-corrected chi connectivity index (χ0v) is 16.0. The molecule has 0 aromatic heterocycles. The van der Waals surface area contributed by atoms with Crippen molar-refractivity contribution in [1.82, 2.24) is 0 Å². The molecule has 0 rings (SSSR count). The second-order valence-corrected chi connectivity index (χ2v) is 6.63. The number of carbonyl (C=O) groups is 2. The van der Waals surface area contributed by atoms with Crippen LogP contribution in [0.3, 0.4) is 0 Å². The third-order valence-corrected chi connectivity index (χ3v) is 4.29. The fourth-order valence-electron chi connectivity index (χ4n) is 2.71. The van der Waals surface area contributed by atoms with Gasteiger partial charge >= 0.3 is 35.5 Å². The van der Waals surface area contributed by atoms with Gasteiger partial charge in [-0.3, -0.25) is 9.59 Å². The number of Topliss-reactive ketones (excluding diaryl/α,β-unsaturated/α-hetero) is 1. The van der Waals surface area contributed by atoms with Crippen LogP contribution in [0.5, 0.6) is 0 Å². The second-order valence-electron chi connectivity index (χ2n) is 6.63. The molecule has 0 aliphatic heterocycles. The monoisotopic (exact) mass is 362 g/mol. The minimum atomic E-state index is -0.423. The number of esters is 1. The minimum absolute atomic E-state index is 0.